The molecule has 1 atom stereocenters. The first-order chi connectivity index (χ1) is 9.98. The highest BCUT2D eigenvalue weighted by Gasteiger charge is 2.36. The molecule has 0 saturated carbocycles. The van der Waals surface area contributed by atoms with Crippen molar-refractivity contribution in [3.63, 3.8) is 0 Å². The number of carbonyl (C=O) groups is 1. The van der Waals surface area contributed by atoms with Crippen LogP contribution in [0.3, 0.4) is 0 Å². The third kappa shape index (κ3) is 4.93. The molecular weight excluding hydrogens is 290 g/mol. The van der Waals surface area contributed by atoms with Crippen LogP contribution in [0.1, 0.15) is 38.5 Å². The van der Waals surface area contributed by atoms with E-state index in [9.17, 15) is 13.2 Å². The Morgan fingerprint density at radius 1 is 1.14 bits per heavy atom. The molecule has 0 radical (unpaired) electrons. The molecule has 1 unspecified atom stereocenters. The average molecular weight is 317 g/mol. The van der Waals surface area contributed by atoms with Crippen molar-refractivity contribution in [2.75, 3.05) is 39.0 Å². The Balaban J connectivity index is 1.69. The summed E-state index contributed by atoms with van der Waals surface area (Å²) in [5, 5.41) is 2.89. The quantitative estimate of drug-likeness (QED) is 0.720. The lowest BCUT2D eigenvalue weighted by Gasteiger charge is -2.26. The minimum absolute atomic E-state index is 0.142. The summed E-state index contributed by atoms with van der Waals surface area (Å²) in [6.07, 6.45) is 7.38. The molecule has 6 nitrogen and oxygen atoms in total. The van der Waals surface area contributed by atoms with Gasteiger partial charge in [0, 0.05) is 13.1 Å². The smallest absolute Gasteiger partial charge is 0.238 e. The lowest BCUT2D eigenvalue weighted by molar-refractivity contribution is -0.124. The van der Waals surface area contributed by atoms with Crippen LogP contribution in [-0.4, -0.2) is 68.6 Å². The highest BCUT2D eigenvalue weighted by atomic mass is 32.2. The van der Waals surface area contributed by atoms with Crippen molar-refractivity contribution in [3.8, 4) is 0 Å². The molecule has 2 aliphatic heterocycles. The summed E-state index contributed by atoms with van der Waals surface area (Å²) in [5.41, 5.74) is 0. The van der Waals surface area contributed by atoms with E-state index >= 15 is 0 Å². The monoisotopic (exact) mass is 317 g/mol. The van der Waals surface area contributed by atoms with Gasteiger partial charge in [-0.2, -0.15) is 4.31 Å². The zero-order valence-electron chi connectivity index (χ0n) is 12.9. The molecule has 0 aliphatic carbocycles. The molecule has 7 heteroatoms. The Hall–Kier alpha value is -0.660. The molecule has 2 fully saturated rings. The lowest BCUT2D eigenvalue weighted by atomic mass is 10.1. The minimum atomic E-state index is -3.28. The standard InChI is InChI=1S/C14H27N3O3S/c1-21(19,20)17-12-5-7-13(17)14(18)15-8-6-11-16-9-3-2-4-10-16/h13H,2-12H2,1H3,(H,15,18). The number of piperidine rings is 1. The van der Waals surface area contributed by atoms with Crippen LogP contribution < -0.4 is 5.32 Å². The summed E-state index contributed by atoms with van der Waals surface area (Å²) in [4.78, 5) is 14.6. The van der Waals surface area contributed by atoms with Crippen molar-refractivity contribution in [2.45, 2.75) is 44.6 Å². The minimum Gasteiger partial charge on any atom is -0.355 e. The van der Waals surface area contributed by atoms with Gasteiger partial charge in [0.15, 0.2) is 0 Å². The van der Waals surface area contributed by atoms with E-state index in [-0.39, 0.29) is 5.91 Å². The summed E-state index contributed by atoms with van der Waals surface area (Å²) in [7, 11) is -3.28. The number of amides is 1. The average Bonchev–Trinajstić information content (AvgIpc) is 2.94. The van der Waals surface area contributed by atoms with Crippen molar-refractivity contribution < 1.29 is 13.2 Å². The van der Waals surface area contributed by atoms with Crippen molar-refractivity contribution in [1.82, 2.24) is 14.5 Å². The molecule has 0 aromatic carbocycles. The number of likely N-dealkylation sites (tertiary alicyclic amines) is 1. The largest absolute Gasteiger partial charge is 0.355 e. The Bertz CT molecular complexity index is 446. The SMILES string of the molecule is CS(=O)(=O)N1CCCC1C(=O)NCCCN1CCCCC1. The van der Waals surface area contributed by atoms with Gasteiger partial charge in [-0.1, -0.05) is 6.42 Å². The molecular formula is C14H27N3O3S. The fraction of sp³-hybridized carbons (Fsp3) is 0.929. The van der Waals surface area contributed by atoms with Crippen molar-refractivity contribution in [2.24, 2.45) is 0 Å². The third-order valence-electron chi connectivity index (χ3n) is 4.33. The van der Waals surface area contributed by atoms with Gasteiger partial charge in [0.2, 0.25) is 15.9 Å². The normalized spacial score (nSPS) is 25.1. The maximum absolute atomic E-state index is 12.1. The lowest BCUT2D eigenvalue weighted by Crippen LogP contribution is -2.46. The Kier molecular flexibility index (Phi) is 6.01. The van der Waals surface area contributed by atoms with E-state index in [0.717, 1.165) is 19.4 Å². The van der Waals surface area contributed by atoms with Gasteiger partial charge in [0.1, 0.15) is 6.04 Å². The molecule has 1 N–H and O–H groups in total. The highest BCUT2D eigenvalue weighted by Crippen LogP contribution is 2.20. The van der Waals surface area contributed by atoms with E-state index in [1.807, 2.05) is 0 Å². The van der Waals surface area contributed by atoms with Gasteiger partial charge in [0.05, 0.1) is 6.26 Å². The van der Waals surface area contributed by atoms with Gasteiger partial charge >= 0.3 is 0 Å². The molecule has 0 bridgehead atoms. The molecule has 2 rings (SSSR count). The zero-order chi connectivity index (χ0) is 15.3. The van der Waals surface area contributed by atoms with Gasteiger partial charge < -0.3 is 10.2 Å². The van der Waals surface area contributed by atoms with Crippen LogP contribution in [0.25, 0.3) is 0 Å². The predicted octanol–water partition coefficient (Wildman–Crippen LogP) is 0.403. The predicted molar refractivity (Wildman–Crippen MR) is 82.5 cm³/mol. The summed E-state index contributed by atoms with van der Waals surface area (Å²) < 4.78 is 24.6. The number of nitrogens with zero attached hydrogens (tertiary/aromatic N) is 2. The zero-order valence-corrected chi connectivity index (χ0v) is 13.7. The van der Waals surface area contributed by atoms with E-state index in [1.165, 1.54) is 42.9 Å². The Labute approximate surface area is 127 Å². The Morgan fingerprint density at radius 2 is 1.86 bits per heavy atom. The Morgan fingerprint density at radius 3 is 2.52 bits per heavy atom. The first-order valence-corrected chi connectivity index (χ1v) is 9.80. The topological polar surface area (TPSA) is 69.7 Å². The third-order valence-corrected chi connectivity index (χ3v) is 5.62. The van der Waals surface area contributed by atoms with E-state index in [4.69, 9.17) is 0 Å². The maximum atomic E-state index is 12.1. The second-order valence-corrected chi connectivity index (χ2v) is 8.01. The van der Waals surface area contributed by atoms with Crippen molar-refractivity contribution in [1.29, 1.82) is 0 Å². The summed E-state index contributed by atoms with van der Waals surface area (Å²) in [6, 6.07) is -0.505. The molecule has 0 aromatic heterocycles. The summed E-state index contributed by atoms with van der Waals surface area (Å²) in [5.74, 6) is -0.142. The molecule has 21 heavy (non-hydrogen) atoms. The first-order valence-electron chi connectivity index (χ1n) is 7.95. The second-order valence-electron chi connectivity index (χ2n) is 6.08. The van der Waals surface area contributed by atoms with E-state index < -0.39 is 16.1 Å². The summed E-state index contributed by atoms with van der Waals surface area (Å²) >= 11 is 0. The van der Waals surface area contributed by atoms with Crippen molar-refractivity contribution in [3.05, 3.63) is 0 Å². The number of hydrogen-bond donors (Lipinski definition) is 1. The number of nitrogens with one attached hydrogen (secondary N) is 1. The highest BCUT2D eigenvalue weighted by molar-refractivity contribution is 7.88. The van der Waals surface area contributed by atoms with Gasteiger partial charge in [-0.25, -0.2) is 8.42 Å². The van der Waals surface area contributed by atoms with Crippen LogP contribution in [0.5, 0.6) is 0 Å². The number of carbonyl (C=O) groups excluding carboxylic acids is 1. The number of hydrogen-bond acceptors (Lipinski definition) is 4. The molecule has 2 aliphatic rings. The fourth-order valence-electron chi connectivity index (χ4n) is 3.21. The van der Waals surface area contributed by atoms with Crippen LogP contribution in [0.2, 0.25) is 0 Å². The van der Waals surface area contributed by atoms with Gasteiger partial charge in [-0.05, 0) is 51.7 Å². The molecule has 0 aromatic rings. The van der Waals surface area contributed by atoms with Crippen LogP contribution >= 0.6 is 0 Å². The first kappa shape index (κ1) is 16.7. The van der Waals surface area contributed by atoms with Crippen LogP contribution in [0.15, 0.2) is 0 Å². The van der Waals surface area contributed by atoms with E-state index in [1.54, 1.807) is 0 Å². The fourth-order valence-corrected chi connectivity index (χ4v) is 4.34. The maximum Gasteiger partial charge on any atom is 0.238 e. The van der Waals surface area contributed by atoms with Gasteiger partial charge in [0.25, 0.3) is 0 Å². The summed E-state index contributed by atoms with van der Waals surface area (Å²) in [6.45, 7) is 4.44. The van der Waals surface area contributed by atoms with Crippen LogP contribution in [-0.2, 0) is 14.8 Å². The molecule has 122 valence electrons. The van der Waals surface area contributed by atoms with E-state index in [2.05, 4.69) is 10.2 Å². The van der Waals surface area contributed by atoms with Crippen LogP contribution in [0.4, 0.5) is 0 Å². The van der Waals surface area contributed by atoms with Crippen molar-refractivity contribution >= 4 is 15.9 Å². The second kappa shape index (κ2) is 7.56. The van der Waals surface area contributed by atoms with Gasteiger partial charge in [-0.3, -0.25) is 4.79 Å². The van der Waals surface area contributed by atoms with Crippen LogP contribution in [0, 0.1) is 0 Å². The molecule has 1 amide bonds. The number of rotatable bonds is 6. The van der Waals surface area contributed by atoms with Gasteiger partial charge in [-0.15, -0.1) is 0 Å². The molecule has 2 saturated heterocycles. The number of sulfonamides is 1. The molecule has 2 heterocycles. The molecule has 0 spiro atoms. The van der Waals surface area contributed by atoms with E-state index in [0.29, 0.717) is 19.5 Å².